The van der Waals surface area contributed by atoms with Crippen LogP contribution in [0.5, 0.6) is 5.75 Å². The average molecular weight is 320 g/mol. The van der Waals surface area contributed by atoms with Crippen molar-refractivity contribution in [2.75, 3.05) is 19.7 Å². The van der Waals surface area contributed by atoms with Crippen LogP contribution in [0.4, 0.5) is 0 Å². The Kier molecular flexibility index (Phi) is 7.59. The van der Waals surface area contributed by atoms with Gasteiger partial charge in [-0.15, -0.1) is 0 Å². The largest absolute Gasteiger partial charge is 0.493 e. The van der Waals surface area contributed by atoms with E-state index >= 15 is 0 Å². The van der Waals surface area contributed by atoms with Crippen LogP contribution in [0.3, 0.4) is 0 Å². The van der Waals surface area contributed by atoms with Crippen molar-refractivity contribution < 1.29 is 14.3 Å². The number of amides is 2. The highest BCUT2D eigenvalue weighted by atomic mass is 16.5. The van der Waals surface area contributed by atoms with Crippen LogP contribution in [0.15, 0.2) is 24.3 Å². The van der Waals surface area contributed by atoms with E-state index in [-0.39, 0.29) is 17.7 Å². The monoisotopic (exact) mass is 320 g/mol. The lowest BCUT2D eigenvalue weighted by molar-refractivity contribution is -0.133. The molecule has 1 unspecified atom stereocenters. The summed E-state index contributed by atoms with van der Waals surface area (Å²) in [6.45, 7) is 11.3. The molecule has 0 saturated carbocycles. The molecular formula is C18H28N2O3. The van der Waals surface area contributed by atoms with E-state index in [1.807, 2.05) is 40.7 Å². The van der Waals surface area contributed by atoms with Gasteiger partial charge in [-0.3, -0.25) is 9.59 Å². The first-order valence-corrected chi connectivity index (χ1v) is 8.27. The number of carbonyl (C=O) groups is 2. The second-order valence-electron chi connectivity index (χ2n) is 5.63. The third-order valence-corrected chi connectivity index (χ3v) is 3.73. The molecule has 0 radical (unpaired) electrons. The molecule has 23 heavy (non-hydrogen) atoms. The van der Waals surface area contributed by atoms with Gasteiger partial charge in [0.1, 0.15) is 11.8 Å². The average Bonchev–Trinajstić information content (AvgIpc) is 2.54. The number of benzene rings is 1. The Morgan fingerprint density at radius 1 is 1.13 bits per heavy atom. The fraction of sp³-hybridized carbons (Fsp3) is 0.556. The molecule has 5 nitrogen and oxygen atoms in total. The maximum atomic E-state index is 12.6. The molecule has 0 fully saturated rings. The van der Waals surface area contributed by atoms with Gasteiger partial charge in [-0.2, -0.15) is 0 Å². The second-order valence-corrected chi connectivity index (χ2v) is 5.63. The smallest absolute Gasteiger partial charge is 0.255 e. The zero-order valence-corrected chi connectivity index (χ0v) is 14.8. The minimum absolute atomic E-state index is 0.00584. The van der Waals surface area contributed by atoms with Crippen molar-refractivity contribution in [1.82, 2.24) is 10.2 Å². The zero-order chi connectivity index (χ0) is 17.4. The van der Waals surface area contributed by atoms with Crippen LogP contribution in [0.25, 0.3) is 0 Å². The molecule has 1 aromatic carbocycles. The van der Waals surface area contributed by atoms with E-state index in [9.17, 15) is 9.59 Å². The Morgan fingerprint density at radius 3 is 2.26 bits per heavy atom. The Balaban J connectivity index is 2.97. The Morgan fingerprint density at radius 2 is 1.74 bits per heavy atom. The lowest BCUT2D eigenvalue weighted by Crippen LogP contribution is -2.51. The van der Waals surface area contributed by atoms with Crippen molar-refractivity contribution in [2.24, 2.45) is 5.92 Å². The molecule has 0 aliphatic carbocycles. The number of carbonyl (C=O) groups excluding carboxylic acids is 2. The molecule has 0 aliphatic rings. The fourth-order valence-corrected chi connectivity index (χ4v) is 2.40. The molecule has 5 heteroatoms. The first kappa shape index (κ1) is 19.0. The summed E-state index contributed by atoms with van der Waals surface area (Å²) in [7, 11) is 0. The predicted octanol–water partition coefficient (Wildman–Crippen LogP) is 2.71. The third-order valence-electron chi connectivity index (χ3n) is 3.73. The molecule has 1 rings (SSSR count). The van der Waals surface area contributed by atoms with Gasteiger partial charge in [0.05, 0.1) is 12.2 Å². The highest BCUT2D eigenvalue weighted by Gasteiger charge is 2.28. The Bertz CT molecular complexity index is 525. The van der Waals surface area contributed by atoms with E-state index < -0.39 is 6.04 Å². The standard InChI is InChI=1S/C18H28N2O3/c1-6-20(7-2)18(22)16(13(4)5)19-17(21)14-11-9-10-12-15(14)23-8-3/h9-13,16H,6-8H2,1-5H3,(H,19,21). The van der Waals surface area contributed by atoms with E-state index in [4.69, 9.17) is 4.74 Å². The number of hydrogen-bond donors (Lipinski definition) is 1. The second kappa shape index (κ2) is 9.18. The van der Waals surface area contributed by atoms with Crippen molar-refractivity contribution in [1.29, 1.82) is 0 Å². The Hall–Kier alpha value is -2.04. The fourth-order valence-electron chi connectivity index (χ4n) is 2.40. The van der Waals surface area contributed by atoms with E-state index in [2.05, 4.69) is 5.32 Å². The normalized spacial score (nSPS) is 11.9. The summed E-state index contributed by atoms with van der Waals surface area (Å²) in [5.74, 6) is 0.206. The molecule has 1 atom stereocenters. The molecular weight excluding hydrogens is 292 g/mol. The summed E-state index contributed by atoms with van der Waals surface area (Å²) in [6, 6.07) is 6.53. The van der Waals surface area contributed by atoms with Gasteiger partial charge < -0.3 is 15.0 Å². The van der Waals surface area contributed by atoms with Crippen LogP contribution in [0.2, 0.25) is 0 Å². The third kappa shape index (κ3) is 4.98. The number of nitrogens with one attached hydrogen (secondary N) is 1. The van der Waals surface area contributed by atoms with Crippen LogP contribution in [-0.2, 0) is 4.79 Å². The molecule has 0 heterocycles. The van der Waals surface area contributed by atoms with Crippen LogP contribution >= 0.6 is 0 Å². The van der Waals surface area contributed by atoms with E-state index in [1.54, 1.807) is 23.1 Å². The summed E-state index contributed by atoms with van der Waals surface area (Å²) in [5, 5.41) is 2.87. The molecule has 0 aromatic heterocycles. The lowest BCUT2D eigenvalue weighted by Gasteiger charge is -2.28. The van der Waals surface area contributed by atoms with E-state index in [0.717, 1.165) is 0 Å². The van der Waals surface area contributed by atoms with Gasteiger partial charge in [0.25, 0.3) is 5.91 Å². The van der Waals surface area contributed by atoms with Crippen molar-refractivity contribution in [3.8, 4) is 5.75 Å². The molecule has 0 aliphatic heterocycles. The number of rotatable bonds is 8. The van der Waals surface area contributed by atoms with Gasteiger partial charge in [0.2, 0.25) is 5.91 Å². The minimum atomic E-state index is -0.544. The van der Waals surface area contributed by atoms with Gasteiger partial charge in [-0.1, -0.05) is 26.0 Å². The van der Waals surface area contributed by atoms with Crippen molar-refractivity contribution in [2.45, 2.75) is 40.7 Å². The molecule has 0 saturated heterocycles. The van der Waals surface area contributed by atoms with E-state index in [1.165, 1.54) is 0 Å². The molecule has 0 spiro atoms. The Labute approximate surface area is 139 Å². The van der Waals surface area contributed by atoms with Crippen LogP contribution in [0, 0.1) is 5.92 Å². The van der Waals surface area contributed by atoms with Crippen molar-refractivity contribution >= 4 is 11.8 Å². The molecule has 1 aromatic rings. The number of para-hydroxylation sites is 1. The quantitative estimate of drug-likeness (QED) is 0.801. The highest BCUT2D eigenvalue weighted by Crippen LogP contribution is 2.18. The van der Waals surface area contributed by atoms with Crippen molar-refractivity contribution in [3.63, 3.8) is 0 Å². The van der Waals surface area contributed by atoms with Crippen LogP contribution in [0.1, 0.15) is 45.0 Å². The summed E-state index contributed by atoms with van der Waals surface area (Å²) < 4.78 is 5.49. The summed E-state index contributed by atoms with van der Waals surface area (Å²) in [4.78, 5) is 26.9. The van der Waals surface area contributed by atoms with Crippen molar-refractivity contribution in [3.05, 3.63) is 29.8 Å². The van der Waals surface area contributed by atoms with Gasteiger partial charge in [-0.25, -0.2) is 0 Å². The highest BCUT2D eigenvalue weighted by molar-refractivity contribution is 5.99. The molecule has 1 N–H and O–H groups in total. The van der Waals surface area contributed by atoms with Crippen LogP contribution < -0.4 is 10.1 Å². The number of nitrogens with zero attached hydrogens (tertiary/aromatic N) is 1. The lowest BCUT2D eigenvalue weighted by atomic mass is 10.0. The first-order chi connectivity index (χ1) is 11.0. The molecule has 2 amide bonds. The predicted molar refractivity (Wildman–Crippen MR) is 91.6 cm³/mol. The minimum Gasteiger partial charge on any atom is -0.493 e. The van der Waals surface area contributed by atoms with E-state index in [0.29, 0.717) is 31.0 Å². The van der Waals surface area contributed by atoms with Gasteiger partial charge in [0.15, 0.2) is 0 Å². The molecule has 0 bridgehead atoms. The van der Waals surface area contributed by atoms with Gasteiger partial charge >= 0.3 is 0 Å². The molecule has 128 valence electrons. The number of likely N-dealkylation sites (N-methyl/N-ethyl adjacent to an activating group) is 1. The number of hydrogen-bond acceptors (Lipinski definition) is 3. The summed E-state index contributed by atoms with van der Waals surface area (Å²) in [5.41, 5.74) is 0.451. The maximum absolute atomic E-state index is 12.6. The van der Waals surface area contributed by atoms with Gasteiger partial charge in [0, 0.05) is 13.1 Å². The SMILES string of the molecule is CCOc1ccccc1C(=O)NC(C(=O)N(CC)CC)C(C)C. The van der Waals surface area contributed by atoms with Crippen LogP contribution in [-0.4, -0.2) is 42.5 Å². The summed E-state index contributed by atoms with van der Waals surface area (Å²) in [6.07, 6.45) is 0. The maximum Gasteiger partial charge on any atom is 0.255 e. The zero-order valence-electron chi connectivity index (χ0n) is 14.8. The van der Waals surface area contributed by atoms with Gasteiger partial charge in [-0.05, 0) is 38.8 Å². The topological polar surface area (TPSA) is 58.6 Å². The summed E-state index contributed by atoms with van der Waals surface area (Å²) >= 11 is 0. The number of ether oxygens (including phenoxy) is 1. The first-order valence-electron chi connectivity index (χ1n) is 8.27.